The van der Waals surface area contributed by atoms with Gasteiger partial charge < -0.3 is 10.1 Å². The van der Waals surface area contributed by atoms with Crippen LogP contribution in [0.1, 0.15) is 19.8 Å². The lowest BCUT2D eigenvalue weighted by molar-refractivity contribution is 0.415. The Morgan fingerprint density at radius 3 is 2.94 bits per heavy atom. The van der Waals surface area contributed by atoms with Gasteiger partial charge in [-0.15, -0.1) is 6.58 Å². The first-order chi connectivity index (χ1) is 7.67. The topological polar surface area (TPSA) is 21.3 Å². The summed E-state index contributed by atoms with van der Waals surface area (Å²) in [6.45, 7) is 5.84. The molecule has 1 rings (SSSR count). The highest BCUT2D eigenvalue weighted by Gasteiger charge is 2.05. The van der Waals surface area contributed by atoms with Gasteiger partial charge in [-0.05, 0) is 31.9 Å². The van der Waals surface area contributed by atoms with Crippen molar-refractivity contribution in [1.29, 1.82) is 0 Å². The largest absolute Gasteiger partial charge is 0.497 e. The SMILES string of the molecule is C=CCCC(C)Nc1cc(OC)ccc1Cl. The zero-order chi connectivity index (χ0) is 12.0. The summed E-state index contributed by atoms with van der Waals surface area (Å²) in [6, 6.07) is 5.96. The van der Waals surface area contributed by atoms with Crippen LogP contribution < -0.4 is 10.1 Å². The zero-order valence-corrected chi connectivity index (χ0v) is 10.6. The summed E-state index contributed by atoms with van der Waals surface area (Å²) >= 11 is 6.09. The Bertz CT molecular complexity index is 352. The number of methoxy groups -OCH3 is 1. The van der Waals surface area contributed by atoms with Crippen molar-refractivity contribution in [2.45, 2.75) is 25.8 Å². The average Bonchev–Trinajstić information content (AvgIpc) is 2.29. The molecular formula is C13H18ClNO. The van der Waals surface area contributed by atoms with Gasteiger partial charge >= 0.3 is 0 Å². The van der Waals surface area contributed by atoms with E-state index in [2.05, 4.69) is 18.8 Å². The number of hydrogen-bond donors (Lipinski definition) is 1. The summed E-state index contributed by atoms with van der Waals surface area (Å²) in [5.41, 5.74) is 0.914. The molecule has 0 aliphatic carbocycles. The van der Waals surface area contributed by atoms with Crippen LogP contribution in [0.3, 0.4) is 0 Å². The van der Waals surface area contributed by atoms with Crippen LogP contribution in [0.2, 0.25) is 5.02 Å². The van der Waals surface area contributed by atoms with Crippen LogP contribution in [0.5, 0.6) is 5.75 Å². The minimum Gasteiger partial charge on any atom is -0.497 e. The second-order valence-corrected chi connectivity index (χ2v) is 4.16. The molecule has 1 aromatic carbocycles. The quantitative estimate of drug-likeness (QED) is 0.755. The fourth-order valence-corrected chi connectivity index (χ4v) is 1.62. The number of anilines is 1. The van der Waals surface area contributed by atoms with E-state index in [1.54, 1.807) is 7.11 Å². The first-order valence-corrected chi connectivity index (χ1v) is 5.76. The van der Waals surface area contributed by atoms with Gasteiger partial charge in [-0.1, -0.05) is 17.7 Å². The van der Waals surface area contributed by atoms with Gasteiger partial charge in [0.25, 0.3) is 0 Å². The summed E-state index contributed by atoms with van der Waals surface area (Å²) in [7, 11) is 1.65. The maximum atomic E-state index is 6.09. The third-order valence-corrected chi connectivity index (χ3v) is 2.71. The lowest BCUT2D eigenvalue weighted by atomic mass is 10.1. The zero-order valence-electron chi connectivity index (χ0n) is 9.79. The third kappa shape index (κ3) is 3.78. The lowest BCUT2D eigenvalue weighted by Gasteiger charge is -2.16. The number of ether oxygens (including phenoxy) is 1. The molecular weight excluding hydrogens is 222 g/mol. The van der Waals surface area contributed by atoms with Crippen molar-refractivity contribution in [1.82, 2.24) is 0 Å². The third-order valence-electron chi connectivity index (χ3n) is 2.38. The van der Waals surface area contributed by atoms with Gasteiger partial charge in [-0.3, -0.25) is 0 Å². The van der Waals surface area contributed by atoms with Crippen molar-refractivity contribution in [2.24, 2.45) is 0 Å². The molecule has 16 heavy (non-hydrogen) atoms. The van der Waals surface area contributed by atoms with E-state index >= 15 is 0 Å². The van der Waals surface area contributed by atoms with Crippen LogP contribution >= 0.6 is 11.6 Å². The molecule has 1 atom stereocenters. The Kier molecular flexibility index (Phi) is 5.20. The smallest absolute Gasteiger partial charge is 0.121 e. The van der Waals surface area contributed by atoms with Crippen LogP contribution in [-0.4, -0.2) is 13.2 Å². The van der Waals surface area contributed by atoms with E-state index in [4.69, 9.17) is 16.3 Å². The molecule has 0 radical (unpaired) electrons. The molecule has 88 valence electrons. The van der Waals surface area contributed by atoms with Crippen molar-refractivity contribution in [3.63, 3.8) is 0 Å². The Labute approximate surface area is 102 Å². The highest BCUT2D eigenvalue weighted by Crippen LogP contribution is 2.27. The van der Waals surface area contributed by atoms with E-state index < -0.39 is 0 Å². The molecule has 0 spiro atoms. The van der Waals surface area contributed by atoms with E-state index in [-0.39, 0.29) is 0 Å². The molecule has 0 fully saturated rings. The Morgan fingerprint density at radius 1 is 1.56 bits per heavy atom. The number of halogens is 1. The maximum Gasteiger partial charge on any atom is 0.121 e. The fraction of sp³-hybridized carbons (Fsp3) is 0.385. The number of rotatable bonds is 6. The van der Waals surface area contributed by atoms with Crippen LogP contribution in [0.15, 0.2) is 30.9 Å². The highest BCUT2D eigenvalue weighted by atomic mass is 35.5. The van der Waals surface area contributed by atoms with Gasteiger partial charge in [0.1, 0.15) is 5.75 Å². The van der Waals surface area contributed by atoms with Gasteiger partial charge in [0, 0.05) is 12.1 Å². The monoisotopic (exact) mass is 239 g/mol. The average molecular weight is 240 g/mol. The molecule has 1 unspecified atom stereocenters. The van der Waals surface area contributed by atoms with Crippen molar-refractivity contribution < 1.29 is 4.74 Å². The Morgan fingerprint density at radius 2 is 2.31 bits per heavy atom. The minimum atomic E-state index is 0.364. The van der Waals surface area contributed by atoms with Gasteiger partial charge in [-0.2, -0.15) is 0 Å². The molecule has 0 heterocycles. The Hall–Kier alpha value is -1.15. The number of nitrogens with one attached hydrogen (secondary N) is 1. The summed E-state index contributed by atoms with van der Waals surface area (Å²) < 4.78 is 5.16. The molecule has 0 aliphatic rings. The summed E-state index contributed by atoms with van der Waals surface area (Å²) in [6.07, 6.45) is 3.96. The number of benzene rings is 1. The maximum absolute atomic E-state index is 6.09. The predicted octanol–water partition coefficient (Wildman–Crippen LogP) is 4.12. The second-order valence-electron chi connectivity index (χ2n) is 3.76. The molecule has 0 saturated heterocycles. The molecule has 3 heteroatoms. The minimum absolute atomic E-state index is 0.364. The summed E-state index contributed by atoms with van der Waals surface area (Å²) in [5, 5.41) is 4.07. The van der Waals surface area contributed by atoms with E-state index in [1.807, 2.05) is 24.3 Å². The van der Waals surface area contributed by atoms with Crippen molar-refractivity contribution >= 4 is 17.3 Å². The van der Waals surface area contributed by atoms with Crippen LogP contribution in [0.25, 0.3) is 0 Å². The lowest BCUT2D eigenvalue weighted by Crippen LogP contribution is -2.14. The number of allylic oxidation sites excluding steroid dienone is 1. The first kappa shape index (κ1) is 12.9. The van der Waals surface area contributed by atoms with E-state index in [0.717, 1.165) is 24.3 Å². The summed E-state index contributed by atoms with van der Waals surface area (Å²) in [5.74, 6) is 0.808. The van der Waals surface area contributed by atoms with Gasteiger partial charge in [0.2, 0.25) is 0 Å². The Balaban J connectivity index is 2.67. The molecule has 0 saturated carbocycles. The summed E-state index contributed by atoms with van der Waals surface area (Å²) in [4.78, 5) is 0. The van der Waals surface area contributed by atoms with E-state index in [0.29, 0.717) is 11.1 Å². The van der Waals surface area contributed by atoms with Gasteiger partial charge in [0.15, 0.2) is 0 Å². The molecule has 2 nitrogen and oxygen atoms in total. The fourth-order valence-electron chi connectivity index (χ4n) is 1.45. The van der Waals surface area contributed by atoms with Crippen LogP contribution in [0, 0.1) is 0 Å². The van der Waals surface area contributed by atoms with E-state index in [9.17, 15) is 0 Å². The predicted molar refractivity (Wildman–Crippen MR) is 70.5 cm³/mol. The van der Waals surface area contributed by atoms with Crippen LogP contribution in [-0.2, 0) is 0 Å². The number of hydrogen-bond acceptors (Lipinski definition) is 2. The molecule has 1 N–H and O–H groups in total. The second kappa shape index (κ2) is 6.44. The molecule has 0 amide bonds. The van der Waals surface area contributed by atoms with Gasteiger partial charge in [-0.25, -0.2) is 0 Å². The molecule has 0 aliphatic heterocycles. The van der Waals surface area contributed by atoms with Crippen molar-refractivity contribution in [3.05, 3.63) is 35.9 Å². The van der Waals surface area contributed by atoms with Crippen molar-refractivity contribution in [2.75, 3.05) is 12.4 Å². The molecule has 0 aromatic heterocycles. The normalized spacial score (nSPS) is 11.9. The standard InChI is InChI=1S/C13H18ClNO/c1-4-5-6-10(2)15-13-9-11(16-3)7-8-12(13)14/h4,7-10,15H,1,5-6H2,2-3H3. The highest BCUT2D eigenvalue weighted by molar-refractivity contribution is 6.33. The van der Waals surface area contributed by atoms with Crippen LogP contribution in [0.4, 0.5) is 5.69 Å². The van der Waals surface area contributed by atoms with Crippen molar-refractivity contribution in [3.8, 4) is 5.75 Å². The van der Waals surface area contributed by atoms with Gasteiger partial charge in [0.05, 0.1) is 17.8 Å². The molecule has 0 bridgehead atoms. The van der Waals surface area contributed by atoms with E-state index in [1.165, 1.54) is 0 Å². The first-order valence-electron chi connectivity index (χ1n) is 5.38. The molecule has 1 aromatic rings.